The zero-order chi connectivity index (χ0) is 33.0. The summed E-state index contributed by atoms with van der Waals surface area (Å²) in [7, 11) is 0. The van der Waals surface area contributed by atoms with E-state index in [-0.39, 0.29) is 0 Å². The molecule has 234 valence electrons. The summed E-state index contributed by atoms with van der Waals surface area (Å²) in [6.45, 7) is 0. The molecule has 5 heteroatoms. The first-order valence-electron chi connectivity index (χ1n) is 16.7. The van der Waals surface area contributed by atoms with Crippen molar-refractivity contribution in [3.63, 3.8) is 0 Å². The van der Waals surface area contributed by atoms with Gasteiger partial charge >= 0.3 is 0 Å². The number of hydrogen-bond donors (Lipinski definition) is 0. The van der Waals surface area contributed by atoms with E-state index in [2.05, 4.69) is 114 Å². The SMILES string of the molecule is c1ccc(-c2nc(-c3ccccc3)nc(-c3ccc(-n4c5ccccc5c5ccc(-c6cccc7c6sc6ccccc67)cc54)cc3)n2)cc1. The highest BCUT2D eigenvalue weighted by molar-refractivity contribution is 7.26. The van der Waals surface area contributed by atoms with Crippen molar-refractivity contribution in [3.8, 4) is 51.0 Å². The first kappa shape index (κ1) is 28.6. The Bertz CT molecular complexity index is 2800. The second kappa shape index (κ2) is 11.6. The molecule has 3 heterocycles. The van der Waals surface area contributed by atoms with Crippen molar-refractivity contribution in [3.05, 3.63) is 170 Å². The molecule has 7 aromatic carbocycles. The van der Waals surface area contributed by atoms with Crippen LogP contribution in [-0.4, -0.2) is 19.5 Å². The van der Waals surface area contributed by atoms with Gasteiger partial charge in [0.25, 0.3) is 0 Å². The van der Waals surface area contributed by atoms with Crippen LogP contribution in [0.2, 0.25) is 0 Å². The van der Waals surface area contributed by atoms with Gasteiger partial charge in [0, 0.05) is 53.3 Å². The van der Waals surface area contributed by atoms with Crippen LogP contribution in [0.3, 0.4) is 0 Å². The average molecular weight is 657 g/mol. The van der Waals surface area contributed by atoms with Gasteiger partial charge in [-0.15, -0.1) is 11.3 Å². The molecule has 0 fully saturated rings. The zero-order valence-corrected chi connectivity index (χ0v) is 27.7. The molecule has 0 bridgehead atoms. The molecule has 10 rings (SSSR count). The van der Waals surface area contributed by atoms with Crippen molar-refractivity contribution in [1.29, 1.82) is 0 Å². The minimum absolute atomic E-state index is 0.644. The van der Waals surface area contributed by atoms with Crippen LogP contribution in [-0.2, 0) is 0 Å². The molecular formula is C45H28N4S. The van der Waals surface area contributed by atoms with Gasteiger partial charge in [-0.25, -0.2) is 15.0 Å². The quantitative estimate of drug-likeness (QED) is 0.185. The maximum Gasteiger partial charge on any atom is 0.164 e. The fraction of sp³-hybridized carbons (Fsp3) is 0. The van der Waals surface area contributed by atoms with Gasteiger partial charge in [0.2, 0.25) is 0 Å². The van der Waals surface area contributed by atoms with Crippen LogP contribution in [0.4, 0.5) is 0 Å². The van der Waals surface area contributed by atoms with E-state index in [1.807, 2.05) is 72.0 Å². The Morgan fingerprint density at radius 1 is 0.380 bits per heavy atom. The minimum atomic E-state index is 0.644. The predicted molar refractivity (Wildman–Crippen MR) is 209 cm³/mol. The van der Waals surface area contributed by atoms with Crippen molar-refractivity contribution in [2.24, 2.45) is 0 Å². The molecule has 0 spiro atoms. The van der Waals surface area contributed by atoms with Gasteiger partial charge in [0.1, 0.15) is 0 Å². The van der Waals surface area contributed by atoms with Crippen molar-refractivity contribution < 1.29 is 0 Å². The average Bonchev–Trinajstić information content (AvgIpc) is 3.74. The van der Waals surface area contributed by atoms with Crippen LogP contribution in [0.1, 0.15) is 0 Å². The topological polar surface area (TPSA) is 43.6 Å². The van der Waals surface area contributed by atoms with E-state index in [9.17, 15) is 0 Å². The summed E-state index contributed by atoms with van der Waals surface area (Å²) in [5.41, 5.74) is 8.74. The largest absolute Gasteiger partial charge is 0.309 e. The normalized spacial score (nSPS) is 11.6. The number of rotatable bonds is 5. The Morgan fingerprint density at radius 3 is 1.62 bits per heavy atom. The monoisotopic (exact) mass is 656 g/mol. The van der Waals surface area contributed by atoms with Crippen molar-refractivity contribution in [2.75, 3.05) is 0 Å². The molecule has 0 saturated heterocycles. The molecule has 4 nitrogen and oxygen atoms in total. The predicted octanol–water partition coefficient (Wildman–Crippen LogP) is 12.0. The fourth-order valence-electron chi connectivity index (χ4n) is 7.09. The highest BCUT2D eigenvalue weighted by atomic mass is 32.1. The summed E-state index contributed by atoms with van der Waals surface area (Å²) in [5, 5.41) is 5.09. The number of thiophene rings is 1. The third kappa shape index (κ3) is 4.71. The number of aromatic nitrogens is 4. The van der Waals surface area contributed by atoms with E-state index in [1.165, 1.54) is 53.1 Å². The molecule has 0 unspecified atom stereocenters. The summed E-state index contributed by atoms with van der Waals surface area (Å²) in [4.78, 5) is 14.8. The second-order valence-electron chi connectivity index (χ2n) is 12.5. The van der Waals surface area contributed by atoms with Gasteiger partial charge in [-0.05, 0) is 53.6 Å². The van der Waals surface area contributed by atoms with Gasteiger partial charge in [0.15, 0.2) is 17.5 Å². The van der Waals surface area contributed by atoms with Gasteiger partial charge in [-0.2, -0.15) is 0 Å². The highest BCUT2D eigenvalue weighted by Crippen LogP contribution is 2.42. The van der Waals surface area contributed by atoms with Crippen molar-refractivity contribution >= 4 is 53.3 Å². The number of fused-ring (bicyclic) bond motifs is 6. The molecule has 0 amide bonds. The standard InChI is InChI=1S/C45H28N4S/c1-3-12-29(13-4-1)43-46-44(30-14-5-2-6-15-30)48-45(47-43)31-22-25-33(26-23-31)49-39-20-9-7-16-35(39)36-27-24-32(28-40(36)49)34-18-11-19-38-37-17-8-10-21-41(37)50-42(34)38/h1-28H. The lowest BCUT2D eigenvalue weighted by Gasteiger charge is -2.11. The number of hydrogen-bond acceptors (Lipinski definition) is 4. The smallest absolute Gasteiger partial charge is 0.164 e. The fourth-order valence-corrected chi connectivity index (χ4v) is 8.33. The maximum atomic E-state index is 4.95. The molecular weight excluding hydrogens is 629 g/mol. The molecule has 0 radical (unpaired) electrons. The minimum Gasteiger partial charge on any atom is -0.309 e. The molecule has 10 aromatic rings. The van der Waals surface area contributed by atoms with Crippen molar-refractivity contribution in [1.82, 2.24) is 19.5 Å². The van der Waals surface area contributed by atoms with Crippen LogP contribution in [0.5, 0.6) is 0 Å². The summed E-state index contributed by atoms with van der Waals surface area (Å²) >= 11 is 1.87. The van der Waals surface area contributed by atoms with E-state index in [0.29, 0.717) is 17.5 Å². The molecule has 0 atom stereocenters. The molecule has 0 aliphatic heterocycles. The molecule has 3 aromatic heterocycles. The van der Waals surface area contributed by atoms with E-state index >= 15 is 0 Å². The van der Waals surface area contributed by atoms with Crippen LogP contribution < -0.4 is 0 Å². The Hall–Kier alpha value is -6.43. The maximum absolute atomic E-state index is 4.95. The lowest BCUT2D eigenvalue weighted by Crippen LogP contribution is -2.00. The molecule has 0 N–H and O–H groups in total. The molecule has 0 aliphatic rings. The van der Waals surface area contributed by atoms with Gasteiger partial charge in [-0.1, -0.05) is 127 Å². The number of benzene rings is 7. The Kier molecular flexibility index (Phi) is 6.64. The van der Waals surface area contributed by atoms with E-state index < -0.39 is 0 Å². The molecule has 0 saturated carbocycles. The highest BCUT2D eigenvalue weighted by Gasteiger charge is 2.17. The third-order valence-corrected chi connectivity index (χ3v) is 10.7. The molecule has 0 aliphatic carbocycles. The Labute approximate surface area is 292 Å². The first-order valence-corrected chi connectivity index (χ1v) is 17.5. The van der Waals surface area contributed by atoms with E-state index in [0.717, 1.165) is 22.4 Å². The number of para-hydroxylation sites is 1. The number of nitrogens with zero attached hydrogens (tertiary/aromatic N) is 4. The Morgan fingerprint density at radius 2 is 0.920 bits per heavy atom. The third-order valence-electron chi connectivity index (χ3n) is 9.47. The second-order valence-corrected chi connectivity index (χ2v) is 13.5. The van der Waals surface area contributed by atoms with E-state index in [4.69, 9.17) is 15.0 Å². The zero-order valence-electron chi connectivity index (χ0n) is 26.9. The summed E-state index contributed by atoms with van der Waals surface area (Å²) in [6.07, 6.45) is 0. The summed E-state index contributed by atoms with van der Waals surface area (Å²) in [5.74, 6) is 1.95. The molecule has 50 heavy (non-hydrogen) atoms. The lowest BCUT2D eigenvalue weighted by molar-refractivity contribution is 1.07. The Balaban J connectivity index is 1.12. The van der Waals surface area contributed by atoms with Crippen LogP contribution in [0, 0.1) is 0 Å². The van der Waals surface area contributed by atoms with Crippen LogP contribution >= 0.6 is 11.3 Å². The summed E-state index contributed by atoms with van der Waals surface area (Å²) in [6, 6.07) is 59.7. The van der Waals surface area contributed by atoms with Crippen LogP contribution in [0.25, 0.3) is 93.0 Å². The van der Waals surface area contributed by atoms with Gasteiger partial charge in [-0.3, -0.25) is 0 Å². The van der Waals surface area contributed by atoms with Crippen molar-refractivity contribution in [2.45, 2.75) is 0 Å². The van der Waals surface area contributed by atoms with Gasteiger partial charge < -0.3 is 4.57 Å². The first-order chi connectivity index (χ1) is 24.8. The van der Waals surface area contributed by atoms with E-state index in [1.54, 1.807) is 0 Å². The van der Waals surface area contributed by atoms with Gasteiger partial charge in [0.05, 0.1) is 11.0 Å². The van der Waals surface area contributed by atoms with Crippen LogP contribution in [0.15, 0.2) is 170 Å². The summed E-state index contributed by atoms with van der Waals surface area (Å²) < 4.78 is 5.01. The lowest BCUT2D eigenvalue weighted by atomic mass is 10.0.